The number of aryl methyl sites for hydroxylation is 1. The van der Waals surface area contributed by atoms with Crippen LogP contribution in [0.2, 0.25) is 0 Å². The molecular weight excluding hydrogens is 287 g/mol. The van der Waals surface area contributed by atoms with Crippen LogP contribution in [-0.2, 0) is 6.54 Å². The summed E-state index contributed by atoms with van der Waals surface area (Å²) in [5, 5.41) is 4.25. The lowest BCUT2D eigenvalue weighted by atomic mass is 10.1. The van der Waals surface area contributed by atoms with E-state index < -0.39 is 0 Å². The van der Waals surface area contributed by atoms with E-state index in [4.69, 9.17) is 0 Å². The first-order chi connectivity index (χ1) is 6.79. The summed E-state index contributed by atoms with van der Waals surface area (Å²) >= 11 is 2.31. The molecule has 14 heavy (non-hydrogen) atoms. The van der Waals surface area contributed by atoms with E-state index in [-0.39, 0.29) is 0 Å². The molecule has 2 aromatic rings. The van der Waals surface area contributed by atoms with Gasteiger partial charge in [-0.15, -0.1) is 0 Å². The Bertz CT molecular complexity index is 417. The van der Waals surface area contributed by atoms with Gasteiger partial charge in [0.25, 0.3) is 0 Å². The summed E-state index contributed by atoms with van der Waals surface area (Å²) < 4.78 is 3.20. The Morgan fingerprint density at radius 2 is 1.93 bits per heavy atom. The number of hydrogen-bond donors (Lipinski definition) is 0. The second-order valence-electron chi connectivity index (χ2n) is 3.09. The van der Waals surface area contributed by atoms with E-state index in [0.717, 1.165) is 6.54 Å². The van der Waals surface area contributed by atoms with Crippen LogP contribution in [0.4, 0.5) is 0 Å². The van der Waals surface area contributed by atoms with Crippen LogP contribution in [0.1, 0.15) is 6.92 Å². The van der Waals surface area contributed by atoms with Crippen molar-refractivity contribution in [2.75, 3.05) is 0 Å². The van der Waals surface area contributed by atoms with Gasteiger partial charge in [0.1, 0.15) is 0 Å². The fourth-order valence-electron chi connectivity index (χ4n) is 1.33. The van der Waals surface area contributed by atoms with Gasteiger partial charge in [-0.1, -0.05) is 12.1 Å². The number of aromatic nitrogens is 2. The zero-order valence-corrected chi connectivity index (χ0v) is 10.1. The van der Waals surface area contributed by atoms with Gasteiger partial charge in [-0.2, -0.15) is 5.10 Å². The Hall–Kier alpha value is -0.840. The molecule has 0 aliphatic heterocycles. The highest BCUT2D eigenvalue weighted by Crippen LogP contribution is 2.19. The van der Waals surface area contributed by atoms with Crippen LogP contribution in [-0.4, -0.2) is 9.78 Å². The van der Waals surface area contributed by atoms with Crippen LogP contribution in [0.3, 0.4) is 0 Å². The molecule has 1 heterocycles. The number of hydrogen-bond acceptors (Lipinski definition) is 1. The van der Waals surface area contributed by atoms with Crippen molar-refractivity contribution < 1.29 is 0 Å². The maximum absolute atomic E-state index is 4.25. The van der Waals surface area contributed by atoms with Crippen molar-refractivity contribution in [3.63, 3.8) is 0 Å². The molecule has 0 saturated carbocycles. The van der Waals surface area contributed by atoms with Gasteiger partial charge in [-0.25, -0.2) is 0 Å². The lowest BCUT2D eigenvalue weighted by molar-refractivity contribution is 0.660. The van der Waals surface area contributed by atoms with Crippen LogP contribution in [0.5, 0.6) is 0 Å². The Balaban J connectivity index is 2.34. The summed E-state index contributed by atoms with van der Waals surface area (Å²) in [6, 6.07) is 8.47. The summed E-state index contributed by atoms with van der Waals surface area (Å²) in [5.74, 6) is 0. The fraction of sp³-hybridized carbons (Fsp3) is 0.182. The second kappa shape index (κ2) is 4.13. The van der Waals surface area contributed by atoms with E-state index in [0.29, 0.717) is 0 Å². The normalized spacial score (nSPS) is 10.4. The minimum absolute atomic E-state index is 0.921. The van der Waals surface area contributed by atoms with Crippen LogP contribution in [0.15, 0.2) is 36.7 Å². The zero-order valence-electron chi connectivity index (χ0n) is 7.94. The molecule has 0 spiro atoms. The van der Waals surface area contributed by atoms with E-state index in [1.165, 1.54) is 14.7 Å². The quantitative estimate of drug-likeness (QED) is 0.779. The van der Waals surface area contributed by atoms with Gasteiger partial charge in [0.2, 0.25) is 0 Å². The van der Waals surface area contributed by atoms with E-state index in [2.05, 4.69) is 65.1 Å². The first kappa shape index (κ1) is 9.71. The molecule has 3 heteroatoms. The van der Waals surface area contributed by atoms with Gasteiger partial charge in [0, 0.05) is 21.9 Å². The van der Waals surface area contributed by atoms with Gasteiger partial charge in [0.15, 0.2) is 0 Å². The van der Waals surface area contributed by atoms with Gasteiger partial charge < -0.3 is 0 Å². The maximum Gasteiger partial charge on any atom is 0.0568 e. The number of rotatable bonds is 2. The fourth-order valence-corrected chi connectivity index (χ4v) is 1.69. The Morgan fingerprint density at radius 3 is 2.50 bits per heavy atom. The van der Waals surface area contributed by atoms with Crippen molar-refractivity contribution in [3.8, 4) is 11.1 Å². The molecule has 1 aromatic heterocycles. The highest BCUT2D eigenvalue weighted by Gasteiger charge is 1.99. The molecule has 2 rings (SSSR count). The van der Waals surface area contributed by atoms with E-state index in [9.17, 15) is 0 Å². The highest BCUT2D eigenvalue weighted by molar-refractivity contribution is 14.1. The molecule has 0 aliphatic carbocycles. The standard InChI is InChI=1S/C11H11IN2/c1-2-14-8-10(7-13-14)9-3-5-11(12)6-4-9/h3-8H,2H2,1H3. The molecule has 0 aliphatic rings. The highest BCUT2D eigenvalue weighted by atomic mass is 127. The second-order valence-corrected chi connectivity index (χ2v) is 4.34. The predicted octanol–water partition coefficient (Wildman–Crippen LogP) is 3.17. The molecule has 1 aromatic carbocycles. The minimum Gasteiger partial charge on any atom is -0.272 e. The van der Waals surface area contributed by atoms with Crippen molar-refractivity contribution in [1.82, 2.24) is 9.78 Å². The zero-order chi connectivity index (χ0) is 9.97. The molecule has 0 radical (unpaired) electrons. The molecule has 2 nitrogen and oxygen atoms in total. The summed E-state index contributed by atoms with van der Waals surface area (Å²) in [7, 11) is 0. The van der Waals surface area contributed by atoms with Gasteiger partial charge in [0.05, 0.1) is 6.20 Å². The maximum atomic E-state index is 4.25. The largest absolute Gasteiger partial charge is 0.272 e. The van der Waals surface area contributed by atoms with Crippen LogP contribution >= 0.6 is 22.6 Å². The minimum atomic E-state index is 0.921. The molecule has 0 saturated heterocycles. The molecule has 0 N–H and O–H groups in total. The van der Waals surface area contributed by atoms with Crippen molar-refractivity contribution in [1.29, 1.82) is 0 Å². The molecular formula is C11H11IN2. The number of benzene rings is 1. The first-order valence-corrected chi connectivity index (χ1v) is 5.66. The van der Waals surface area contributed by atoms with Crippen molar-refractivity contribution in [3.05, 3.63) is 40.2 Å². The number of halogens is 1. The van der Waals surface area contributed by atoms with E-state index in [1.807, 2.05) is 10.9 Å². The summed E-state index contributed by atoms with van der Waals surface area (Å²) in [6.07, 6.45) is 3.98. The van der Waals surface area contributed by atoms with Gasteiger partial charge in [-0.05, 0) is 47.2 Å². The summed E-state index contributed by atoms with van der Waals surface area (Å²) in [6.45, 7) is 3.01. The van der Waals surface area contributed by atoms with Crippen LogP contribution in [0.25, 0.3) is 11.1 Å². The van der Waals surface area contributed by atoms with Crippen molar-refractivity contribution in [2.45, 2.75) is 13.5 Å². The third-order valence-corrected chi connectivity index (χ3v) is 2.85. The first-order valence-electron chi connectivity index (χ1n) is 4.58. The van der Waals surface area contributed by atoms with Crippen molar-refractivity contribution >= 4 is 22.6 Å². The molecule has 0 fully saturated rings. The lowest BCUT2D eigenvalue weighted by Crippen LogP contribution is -1.91. The SMILES string of the molecule is CCn1cc(-c2ccc(I)cc2)cn1. The van der Waals surface area contributed by atoms with Crippen LogP contribution in [0, 0.1) is 3.57 Å². The Kier molecular flexibility index (Phi) is 2.86. The van der Waals surface area contributed by atoms with Gasteiger partial charge >= 0.3 is 0 Å². The van der Waals surface area contributed by atoms with E-state index >= 15 is 0 Å². The van der Waals surface area contributed by atoms with Gasteiger partial charge in [-0.3, -0.25) is 4.68 Å². The molecule has 0 bridgehead atoms. The monoisotopic (exact) mass is 298 g/mol. The summed E-state index contributed by atoms with van der Waals surface area (Å²) in [5.41, 5.74) is 2.41. The molecule has 0 amide bonds. The smallest absolute Gasteiger partial charge is 0.0568 e. The number of nitrogens with zero attached hydrogens (tertiary/aromatic N) is 2. The molecule has 0 unspecified atom stereocenters. The Labute approximate surface area is 97.1 Å². The Morgan fingerprint density at radius 1 is 1.21 bits per heavy atom. The average Bonchev–Trinajstić information content (AvgIpc) is 2.67. The summed E-state index contributed by atoms with van der Waals surface area (Å²) in [4.78, 5) is 0. The van der Waals surface area contributed by atoms with E-state index in [1.54, 1.807) is 0 Å². The molecule has 72 valence electrons. The van der Waals surface area contributed by atoms with Crippen molar-refractivity contribution in [2.24, 2.45) is 0 Å². The van der Waals surface area contributed by atoms with Crippen LogP contribution < -0.4 is 0 Å². The third kappa shape index (κ3) is 1.97. The lowest BCUT2D eigenvalue weighted by Gasteiger charge is -1.96. The molecule has 0 atom stereocenters. The average molecular weight is 298 g/mol. The predicted molar refractivity (Wildman–Crippen MR) is 66.1 cm³/mol. The topological polar surface area (TPSA) is 17.8 Å². The third-order valence-electron chi connectivity index (χ3n) is 2.13.